The molecule has 0 atom stereocenters. The quantitative estimate of drug-likeness (QED) is 0.105. The highest BCUT2D eigenvalue weighted by atomic mass is 35.5. The van der Waals surface area contributed by atoms with Crippen molar-refractivity contribution in [2.45, 2.75) is 76.3 Å². The van der Waals surface area contributed by atoms with Gasteiger partial charge < -0.3 is 44.1 Å². The number of nitrogens with zero attached hydrogens (tertiary/aromatic N) is 5. The van der Waals surface area contributed by atoms with Crippen LogP contribution in [0.15, 0.2) is 70.5 Å². The summed E-state index contributed by atoms with van der Waals surface area (Å²) < 4.78 is 74.6. The third kappa shape index (κ3) is 18.6. The number of aryl methyl sites for hydroxylation is 4. The first-order valence-electron chi connectivity index (χ1n) is 24.6. The molecule has 4 aromatic carbocycles. The van der Waals surface area contributed by atoms with Gasteiger partial charge in [0.15, 0.2) is 0 Å². The van der Waals surface area contributed by atoms with Gasteiger partial charge in [-0.05, 0) is 154 Å². The summed E-state index contributed by atoms with van der Waals surface area (Å²) in [7, 11) is 6.77. The predicted molar refractivity (Wildman–Crippen MR) is 293 cm³/mol. The molecule has 0 radical (unpaired) electrons. The molecule has 20 heteroatoms. The molecule has 0 unspecified atom stereocenters. The van der Waals surface area contributed by atoms with Crippen molar-refractivity contribution >= 4 is 44.3 Å². The van der Waals surface area contributed by atoms with Crippen molar-refractivity contribution in [2.24, 2.45) is 0 Å². The SMILES string of the molecule is CNCc1ccc2c(c1)CCN(C)CC2.COc1cc(C)c(S(=O)(=O)N(C)CCOCC(=O)N(C)Cc2ccc3c(c2)CCN(C)CC3)c(C)c1.COc1cc(C)c(S(=O)(=O)N(C)CCOCC(=O)O)c(C)c1.Cl. The number of carboxylic acids is 1. The molecule has 6 rings (SSSR count). The van der Waals surface area contributed by atoms with Crippen LogP contribution in [0.3, 0.4) is 0 Å². The van der Waals surface area contributed by atoms with Crippen molar-refractivity contribution < 1.29 is 50.5 Å². The maximum Gasteiger partial charge on any atom is 0.329 e. The van der Waals surface area contributed by atoms with E-state index in [1.165, 1.54) is 68.1 Å². The standard InChI is InChI=1S/C27H39N3O5S.C14H21NO6S.C13H20N2.ClH/c1-20-15-25(34-6)16-21(2)27(20)36(32,33)30(5)13-14-35-19-26(31)29(4)18-22-7-8-23-9-11-28(3)12-10-24(23)17-22;1-10-7-12(20-4)8-11(2)14(10)22(18,19)15(3)5-6-21-9-13(16)17;1-14-10-11-3-4-12-5-7-15(2)8-6-13(12)9-11;/h7-8,15-17H,9-14,18-19H2,1-6H3;7-8H,5-6,9H2,1-4H3,(H,16,17);3-4,9,14H,5-8,10H2,1-2H3;1H. The second-order valence-electron chi connectivity index (χ2n) is 18.9. The molecule has 2 heterocycles. The molecule has 0 bridgehead atoms. The molecule has 1 amide bonds. The number of sulfonamides is 2. The number of ether oxygens (including phenoxy) is 4. The Bertz CT molecular complexity index is 2660. The number of aliphatic carboxylic acids is 1. The van der Waals surface area contributed by atoms with Gasteiger partial charge >= 0.3 is 5.97 Å². The Morgan fingerprint density at radius 1 is 0.608 bits per heavy atom. The molecule has 74 heavy (non-hydrogen) atoms. The van der Waals surface area contributed by atoms with Gasteiger partial charge in [-0.1, -0.05) is 36.4 Å². The van der Waals surface area contributed by atoms with Crippen molar-refractivity contribution in [1.82, 2.24) is 28.6 Å². The molecule has 0 fully saturated rings. The molecule has 412 valence electrons. The summed E-state index contributed by atoms with van der Waals surface area (Å²) in [5, 5.41) is 11.7. The number of rotatable bonds is 20. The smallest absolute Gasteiger partial charge is 0.329 e. The van der Waals surface area contributed by atoms with Crippen LogP contribution in [0.25, 0.3) is 0 Å². The van der Waals surface area contributed by atoms with E-state index >= 15 is 0 Å². The first-order chi connectivity index (χ1) is 34.5. The maximum absolute atomic E-state index is 13.1. The van der Waals surface area contributed by atoms with Crippen LogP contribution >= 0.6 is 12.4 Å². The highest BCUT2D eigenvalue weighted by molar-refractivity contribution is 7.89. The van der Waals surface area contributed by atoms with Gasteiger partial charge in [0.1, 0.15) is 24.7 Å². The van der Waals surface area contributed by atoms with Gasteiger partial charge in [0.2, 0.25) is 26.0 Å². The van der Waals surface area contributed by atoms with E-state index < -0.39 is 32.6 Å². The number of carboxylic acid groups (broad SMARTS) is 1. The Balaban J connectivity index is 0.000000322. The van der Waals surface area contributed by atoms with Crippen LogP contribution < -0.4 is 14.8 Å². The van der Waals surface area contributed by atoms with Crippen LogP contribution in [0.1, 0.15) is 55.6 Å². The predicted octanol–water partition coefficient (Wildman–Crippen LogP) is 5.53. The van der Waals surface area contributed by atoms with Crippen molar-refractivity contribution in [3.05, 3.63) is 116 Å². The number of carbonyl (C=O) groups excluding carboxylic acids is 1. The highest BCUT2D eigenvalue weighted by Crippen LogP contribution is 2.29. The van der Waals surface area contributed by atoms with Crippen molar-refractivity contribution in [2.75, 3.05) is 122 Å². The molecular formula is C54H81ClN6O11S2. The zero-order chi connectivity index (χ0) is 54.0. The van der Waals surface area contributed by atoms with Crippen molar-refractivity contribution in [3.8, 4) is 11.5 Å². The minimum atomic E-state index is -3.70. The van der Waals surface area contributed by atoms with Crippen LogP contribution in [0, 0.1) is 27.7 Å². The van der Waals surface area contributed by atoms with Gasteiger partial charge in [0.05, 0.1) is 37.2 Å². The largest absolute Gasteiger partial charge is 0.497 e. The average molecular weight is 1090 g/mol. The third-order valence-electron chi connectivity index (χ3n) is 13.0. The van der Waals surface area contributed by atoms with E-state index in [0.717, 1.165) is 42.3 Å². The molecule has 0 saturated heterocycles. The summed E-state index contributed by atoms with van der Waals surface area (Å²) in [4.78, 5) is 29.8. The number of halogens is 1. The summed E-state index contributed by atoms with van der Waals surface area (Å²) >= 11 is 0. The molecule has 0 spiro atoms. The molecule has 2 N–H and O–H groups in total. The van der Waals surface area contributed by atoms with Gasteiger partial charge in [0.25, 0.3) is 0 Å². The highest BCUT2D eigenvalue weighted by Gasteiger charge is 2.27. The Morgan fingerprint density at radius 3 is 1.38 bits per heavy atom. The monoisotopic (exact) mass is 1090 g/mol. The van der Waals surface area contributed by atoms with E-state index in [4.69, 9.17) is 24.1 Å². The van der Waals surface area contributed by atoms with Crippen molar-refractivity contribution in [1.29, 1.82) is 0 Å². The van der Waals surface area contributed by atoms with Crippen molar-refractivity contribution in [3.63, 3.8) is 0 Å². The third-order valence-corrected chi connectivity index (χ3v) is 17.4. The van der Waals surface area contributed by atoms with E-state index in [9.17, 15) is 26.4 Å². The second-order valence-corrected chi connectivity index (χ2v) is 22.9. The summed E-state index contributed by atoms with van der Waals surface area (Å²) in [6.07, 6.45) is 4.47. The number of hydrogen-bond acceptors (Lipinski definition) is 13. The van der Waals surface area contributed by atoms with Gasteiger partial charge in [-0.25, -0.2) is 21.6 Å². The van der Waals surface area contributed by atoms with Crippen LogP contribution in [-0.2, 0) is 77.9 Å². The van der Waals surface area contributed by atoms with E-state index in [1.807, 2.05) is 7.05 Å². The molecule has 0 saturated carbocycles. The van der Waals surface area contributed by atoms with E-state index in [0.29, 0.717) is 40.3 Å². The van der Waals surface area contributed by atoms with Crippen LogP contribution in [-0.4, -0.2) is 179 Å². The fourth-order valence-corrected chi connectivity index (χ4v) is 11.9. The van der Waals surface area contributed by atoms with E-state index in [1.54, 1.807) is 82.1 Å². The lowest BCUT2D eigenvalue weighted by Gasteiger charge is -2.21. The topological polar surface area (TPSA) is 188 Å². The molecule has 4 aromatic rings. The summed E-state index contributed by atoms with van der Waals surface area (Å²) in [5.41, 5.74) is 10.8. The number of fused-ring (bicyclic) bond motifs is 2. The molecule has 0 aromatic heterocycles. The van der Waals surface area contributed by atoms with E-state index in [-0.39, 0.29) is 61.0 Å². The number of benzene rings is 4. The molecule has 17 nitrogen and oxygen atoms in total. The van der Waals surface area contributed by atoms with Gasteiger partial charge in [0, 0.05) is 73.5 Å². The lowest BCUT2D eigenvalue weighted by molar-refractivity contribution is -0.142. The van der Waals surface area contributed by atoms with Crippen LogP contribution in [0.5, 0.6) is 11.5 Å². The number of methoxy groups -OCH3 is 2. The minimum Gasteiger partial charge on any atom is -0.497 e. The van der Waals surface area contributed by atoms with Gasteiger partial charge in [-0.3, -0.25) is 4.79 Å². The van der Waals surface area contributed by atoms with Crippen LogP contribution in [0.2, 0.25) is 0 Å². The Kier molecular flexibility index (Phi) is 25.9. The first kappa shape index (κ1) is 63.6. The zero-order valence-corrected chi connectivity index (χ0v) is 48.0. The zero-order valence-electron chi connectivity index (χ0n) is 45.6. The Hall–Kier alpha value is -4.67. The fourth-order valence-electron chi connectivity index (χ4n) is 8.79. The van der Waals surface area contributed by atoms with Gasteiger partial charge in [-0.15, -0.1) is 12.4 Å². The lowest BCUT2D eigenvalue weighted by atomic mass is 10.00. The fraction of sp³-hybridized carbons (Fsp3) is 0.519. The minimum absolute atomic E-state index is 0. The summed E-state index contributed by atoms with van der Waals surface area (Å²) in [5.74, 6) is -0.0122. The Morgan fingerprint density at radius 2 is 0.986 bits per heavy atom. The number of carbonyl (C=O) groups is 2. The number of amides is 1. The molecule has 2 aliphatic heterocycles. The number of hydrogen-bond donors (Lipinski definition) is 2. The molecule has 2 aliphatic rings. The van der Waals surface area contributed by atoms with E-state index in [2.05, 4.69) is 65.6 Å². The van der Waals surface area contributed by atoms with Gasteiger partial charge in [-0.2, -0.15) is 8.61 Å². The summed E-state index contributed by atoms with van der Waals surface area (Å²) in [6, 6.07) is 20.2. The first-order valence-corrected chi connectivity index (χ1v) is 27.5. The average Bonchev–Trinajstić information content (AvgIpc) is 3.65. The second kappa shape index (κ2) is 30.2. The molecular weight excluding hydrogens is 1010 g/mol. The Labute approximate surface area is 447 Å². The normalized spacial score (nSPS) is 14.0. The van der Waals surface area contributed by atoms with Crippen LogP contribution in [0.4, 0.5) is 0 Å². The summed E-state index contributed by atoms with van der Waals surface area (Å²) in [6.45, 7) is 12.7. The number of nitrogens with one attached hydrogen (secondary N) is 1. The number of likely N-dealkylation sites (N-methyl/N-ethyl adjacent to an activating group) is 5. The lowest BCUT2D eigenvalue weighted by Crippen LogP contribution is -2.33. The maximum atomic E-state index is 13.1. The molecule has 0 aliphatic carbocycles.